The summed E-state index contributed by atoms with van der Waals surface area (Å²) in [5.74, 6) is -0.817. The highest BCUT2D eigenvalue weighted by Gasteiger charge is 2.36. The summed E-state index contributed by atoms with van der Waals surface area (Å²) in [6.07, 6.45) is -2.82. The molecule has 0 aliphatic rings. The van der Waals surface area contributed by atoms with Crippen molar-refractivity contribution in [2.75, 3.05) is 5.32 Å². The van der Waals surface area contributed by atoms with E-state index in [0.717, 1.165) is 29.8 Å². The van der Waals surface area contributed by atoms with Crippen molar-refractivity contribution < 1.29 is 18.0 Å². The second-order valence-corrected chi connectivity index (χ2v) is 7.58. The summed E-state index contributed by atoms with van der Waals surface area (Å²) in [4.78, 5) is 16.6. The summed E-state index contributed by atoms with van der Waals surface area (Å²) in [6, 6.07) is 6.36. The zero-order valence-corrected chi connectivity index (χ0v) is 15.9. The highest BCUT2D eigenvalue weighted by molar-refractivity contribution is 7.99. The maximum Gasteiger partial charge on any atom is 0.417 e. The molecule has 0 unspecified atom stereocenters. The molecule has 1 heterocycles. The number of thioether (sulfide) groups is 1. The molecule has 0 fully saturated rings. The SMILES string of the molecule is CC[C@@H](C)Sc1cc(C(F)(F)F)c(C(=O)Nc2c(C)cccc2C)cn1. The van der Waals surface area contributed by atoms with Crippen LogP contribution in [0.3, 0.4) is 0 Å². The lowest BCUT2D eigenvalue weighted by Gasteiger charge is -2.16. The Morgan fingerprint density at radius 1 is 1.27 bits per heavy atom. The maximum absolute atomic E-state index is 13.5. The van der Waals surface area contributed by atoms with Crippen LogP contribution in [-0.2, 0) is 6.18 Å². The number of pyridine rings is 1. The number of hydrogen-bond donors (Lipinski definition) is 1. The first-order valence-electron chi connectivity index (χ1n) is 8.25. The summed E-state index contributed by atoms with van der Waals surface area (Å²) in [6.45, 7) is 7.45. The van der Waals surface area contributed by atoms with Crippen LogP contribution >= 0.6 is 11.8 Å². The molecule has 1 amide bonds. The van der Waals surface area contributed by atoms with Gasteiger partial charge in [-0.15, -0.1) is 11.8 Å². The second-order valence-electron chi connectivity index (χ2n) is 6.12. The Bertz CT molecular complexity index is 786. The van der Waals surface area contributed by atoms with Crippen molar-refractivity contribution in [1.82, 2.24) is 4.98 Å². The molecule has 1 aromatic carbocycles. The van der Waals surface area contributed by atoms with Gasteiger partial charge in [0.25, 0.3) is 5.91 Å². The van der Waals surface area contributed by atoms with Gasteiger partial charge in [0, 0.05) is 17.1 Å². The van der Waals surface area contributed by atoms with Gasteiger partial charge >= 0.3 is 6.18 Å². The normalized spacial score (nSPS) is 12.7. The first kappa shape index (κ1) is 20.3. The molecule has 1 aromatic heterocycles. The van der Waals surface area contributed by atoms with Crippen LogP contribution in [0.5, 0.6) is 0 Å². The average molecular weight is 382 g/mol. The topological polar surface area (TPSA) is 42.0 Å². The fourth-order valence-electron chi connectivity index (χ4n) is 2.40. The van der Waals surface area contributed by atoms with E-state index >= 15 is 0 Å². The van der Waals surface area contributed by atoms with Crippen LogP contribution in [0.4, 0.5) is 18.9 Å². The Kier molecular flexibility index (Phi) is 6.34. The van der Waals surface area contributed by atoms with Crippen molar-refractivity contribution in [3.05, 3.63) is 52.7 Å². The molecule has 1 atom stereocenters. The van der Waals surface area contributed by atoms with Crippen molar-refractivity contribution in [2.45, 2.75) is 50.6 Å². The third-order valence-electron chi connectivity index (χ3n) is 4.05. The van der Waals surface area contributed by atoms with Gasteiger partial charge in [-0.3, -0.25) is 4.79 Å². The van der Waals surface area contributed by atoms with Gasteiger partial charge in [0.2, 0.25) is 0 Å². The predicted octanol–water partition coefficient (Wildman–Crippen LogP) is 5.86. The predicted molar refractivity (Wildman–Crippen MR) is 98.7 cm³/mol. The number of hydrogen-bond acceptors (Lipinski definition) is 3. The number of halogens is 3. The van der Waals surface area contributed by atoms with E-state index in [1.165, 1.54) is 11.8 Å². The molecule has 3 nitrogen and oxygen atoms in total. The highest BCUT2D eigenvalue weighted by Crippen LogP contribution is 2.35. The zero-order chi connectivity index (χ0) is 19.5. The molecule has 2 rings (SSSR count). The number of aryl methyl sites for hydroxylation is 2. The molecule has 0 saturated carbocycles. The van der Waals surface area contributed by atoms with E-state index in [2.05, 4.69) is 10.3 Å². The van der Waals surface area contributed by atoms with Crippen LogP contribution in [0.1, 0.15) is 47.3 Å². The molecule has 7 heteroatoms. The third kappa shape index (κ3) is 4.78. The first-order chi connectivity index (χ1) is 12.1. The van der Waals surface area contributed by atoms with Gasteiger partial charge in [0.1, 0.15) is 0 Å². The molecule has 26 heavy (non-hydrogen) atoms. The number of benzene rings is 1. The Labute approximate surface area is 155 Å². The largest absolute Gasteiger partial charge is 0.417 e. The standard InChI is InChI=1S/C19H21F3N2OS/c1-5-13(4)26-16-9-15(19(20,21)22)14(10-23-16)18(25)24-17-11(2)7-6-8-12(17)3/h6-10,13H,5H2,1-4H3,(H,24,25)/t13-/m1/s1. The number of para-hydroxylation sites is 1. The first-order valence-corrected chi connectivity index (χ1v) is 9.13. The number of amides is 1. The summed E-state index contributed by atoms with van der Waals surface area (Å²) in [5.41, 5.74) is 0.631. The summed E-state index contributed by atoms with van der Waals surface area (Å²) in [5, 5.41) is 2.99. The van der Waals surface area contributed by atoms with Crippen molar-refractivity contribution >= 4 is 23.4 Å². The lowest BCUT2D eigenvalue weighted by molar-refractivity contribution is -0.138. The van der Waals surface area contributed by atoms with Crippen LogP contribution in [-0.4, -0.2) is 16.1 Å². The molecular weight excluding hydrogens is 361 g/mol. The molecule has 0 radical (unpaired) electrons. The van der Waals surface area contributed by atoms with Crippen molar-refractivity contribution in [3.63, 3.8) is 0 Å². The lowest BCUT2D eigenvalue weighted by Crippen LogP contribution is -2.20. The monoisotopic (exact) mass is 382 g/mol. The number of carbonyl (C=O) groups is 1. The summed E-state index contributed by atoms with van der Waals surface area (Å²) in [7, 11) is 0. The fraction of sp³-hybridized carbons (Fsp3) is 0.368. The van der Waals surface area contributed by atoms with Crippen molar-refractivity contribution in [1.29, 1.82) is 0 Å². The van der Waals surface area contributed by atoms with Crippen LogP contribution < -0.4 is 5.32 Å². The maximum atomic E-state index is 13.5. The molecule has 0 spiro atoms. The van der Waals surface area contributed by atoms with Crippen molar-refractivity contribution in [3.8, 4) is 0 Å². The minimum Gasteiger partial charge on any atom is -0.321 e. The van der Waals surface area contributed by atoms with E-state index in [1.807, 2.05) is 19.9 Å². The molecule has 0 aliphatic heterocycles. The number of alkyl halides is 3. The Balaban J connectivity index is 2.40. The van der Waals surface area contributed by atoms with E-state index < -0.39 is 23.2 Å². The number of carbonyl (C=O) groups excluding carboxylic acids is 1. The van der Waals surface area contributed by atoms with E-state index in [4.69, 9.17) is 0 Å². The zero-order valence-electron chi connectivity index (χ0n) is 15.1. The van der Waals surface area contributed by atoms with Gasteiger partial charge < -0.3 is 5.32 Å². The molecule has 0 bridgehead atoms. The number of nitrogens with zero attached hydrogens (tertiary/aromatic N) is 1. The number of nitrogens with one attached hydrogen (secondary N) is 1. The highest BCUT2D eigenvalue weighted by atomic mass is 32.2. The van der Waals surface area contributed by atoms with E-state index in [1.54, 1.807) is 26.0 Å². The fourth-order valence-corrected chi connectivity index (χ4v) is 3.28. The molecule has 1 N–H and O–H groups in total. The number of rotatable bonds is 5. The Morgan fingerprint density at radius 3 is 2.42 bits per heavy atom. The number of anilines is 1. The lowest BCUT2D eigenvalue weighted by atomic mass is 10.1. The van der Waals surface area contributed by atoms with Crippen LogP contribution in [0.25, 0.3) is 0 Å². The molecular formula is C19H21F3N2OS. The quantitative estimate of drug-likeness (QED) is 0.659. The van der Waals surface area contributed by atoms with Gasteiger partial charge in [-0.05, 0) is 37.5 Å². The van der Waals surface area contributed by atoms with Gasteiger partial charge in [0.15, 0.2) is 0 Å². The average Bonchev–Trinajstić information content (AvgIpc) is 2.57. The smallest absolute Gasteiger partial charge is 0.321 e. The molecule has 0 aliphatic carbocycles. The van der Waals surface area contributed by atoms with E-state index in [0.29, 0.717) is 5.69 Å². The molecule has 140 valence electrons. The minimum absolute atomic E-state index is 0.137. The van der Waals surface area contributed by atoms with Crippen LogP contribution in [0.2, 0.25) is 0 Å². The Hall–Kier alpha value is -2.02. The second kappa shape index (κ2) is 8.12. The summed E-state index contributed by atoms with van der Waals surface area (Å²) >= 11 is 1.26. The Morgan fingerprint density at radius 2 is 1.88 bits per heavy atom. The number of aromatic nitrogens is 1. The molecule has 2 aromatic rings. The summed E-state index contributed by atoms with van der Waals surface area (Å²) < 4.78 is 40.5. The third-order valence-corrected chi connectivity index (χ3v) is 5.25. The van der Waals surface area contributed by atoms with Crippen molar-refractivity contribution in [2.24, 2.45) is 0 Å². The van der Waals surface area contributed by atoms with Crippen LogP contribution in [0, 0.1) is 13.8 Å². The van der Waals surface area contributed by atoms with Gasteiger partial charge in [-0.2, -0.15) is 13.2 Å². The van der Waals surface area contributed by atoms with Gasteiger partial charge in [-0.25, -0.2) is 4.98 Å². The minimum atomic E-state index is -4.64. The molecule has 0 saturated heterocycles. The van der Waals surface area contributed by atoms with Crippen LogP contribution in [0.15, 0.2) is 35.5 Å². The van der Waals surface area contributed by atoms with E-state index in [-0.39, 0.29) is 10.3 Å². The van der Waals surface area contributed by atoms with E-state index in [9.17, 15) is 18.0 Å². The van der Waals surface area contributed by atoms with Gasteiger partial charge in [-0.1, -0.05) is 32.0 Å². The van der Waals surface area contributed by atoms with Gasteiger partial charge in [0.05, 0.1) is 16.2 Å².